The van der Waals surface area contributed by atoms with Gasteiger partial charge in [-0.1, -0.05) is 27.7 Å². The molecule has 1 aromatic rings. The highest BCUT2D eigenvalue weighted by atomic mass is 16.6. The number of hydrogen-bond donors (Lipinski definition) is 1. The Hall–Kier alpha value is -2.97. The SMILES string of the molecule is CC(C)CCN(CCC(C)C)C(=O)CN1C(=O)N[C@](C)(c2ccc([N+](=O)[O-])cc2)C1=O. The molecule has 0 aromatic heterocycles. The molecule has 0 unspecified atom stereocenters. The van der Waals surface area contributed by atoms with Crippen LogP contribution in [0.25, 0.3) is 0 Å². The lowest BCUT2D eigenvalue weighted by Crippen LogP contribution is -2.45. The molecule has 2 rings (SSSR count). The number of hydrogen-bond acceptors (Lipinski definition) is 5. The fourth-order valence-electron chi connectivity index (χ4n) is 3.38. The zero-order valence-electron chi connectivity index (χ0n) is 18.9. The average Bonchev–Trinajstić information content (AvgIpc) is 2.91. The molecule has 0 spiro atoms. The largest absolute Gasteiger partial charge is 0.341 e. The van der Waals surface area contributed by atoms with Crippen molar-refractivity contribution >= 4 is 23.5 Å². The van der Waals surface area contributed by atoms with Crippen LogP contribution in [0.2, 0.25) is 0 Å². The van der Waals surface area contributed by atoms with Crippen LogP contribution in [0.3, 0.4) is 0 Å². The van der Waals surface area contributed by atoms with Crippen molar-refractivity contribution in [3.63, 3.8) is 0 Å². The summed E-state index contributed by atoms with van der Waals surface area (Å²) in [5.41, 5.74) is -1.07. The summed E-state index contributed by atoms with van der Waals surface area (Å²) in [5, 5.41) is 13.5. The second-order valence-corrected chi connectivity index (χ2v) is 9.00. The molecular weight excluding hydrogens is 400 g/mol. The fraction of sp³-hybridized carbons (Fsp3) is 0.591. The lowest BCUT2D eigenvalue weighted by Gasteiger charge is -2.26. The van der Waals surface area contributed by atoms with Crippen molar-refractivity contribution in [1.29, 1.82) is 0 Å². The van der Waals surface area contributed by atoms with E-state index in [0.717, 1.165) is 17.7 Å². The molecule has 9 nitrogen and oxygen atoms in total. The first-order valence-electron chi connectivity index (χ1n) is 10.6. The van der Waals surface area contributed by atoms with Gasteiger partial charge in [0.05, 0.1) is 4.92 Å². The molecule has 0 bridgehead atoms. The molecule has 0 saturated carbocycles. The number of nitrogens with zero attached hydrogens (tertiary/aromatic N) is 3. The van der Waals surface area contributed by atoms with E-state index >= 15 is 0 Å². The molecule has 31 heavy (non-hydrogen) atoms. The molecule has 1 aliphatic rings. The Balaban J connectivity index is 2.16. The van der Waals surface area contributed by atoms with Gasteiger partial charge < -0.3 is 10.2 Å². The summed E-state index contributed by atoms with van der Waals surface area (Å²) < 4.78 is 0. The summed E-state index contributed by atoms with van der Waals surface area (Å²) >= 11 is 0. The average molecular weight is 433 g/mol. The Kier molecular flexibility index (Phi) is 7.75. The van der Waals surface area contributed by atoms with E-state index in [0.29, 0.717) is 30.5 Å². The summed E-state index contributed by atoms with van der Waals surface area (Å²) in [6.07, 6.45) is 1.68. The highest BCUT2D eigenvalue weighted by molar-refractivity contribution is 6.09. The van der Waals surface area contributed by atoms with E-state index in [1.54, 1.807) is 4.90 Å². The van der Waals surface area contributed by atoms with Gasteiger partial charge in [0.15, 0.2) is 0 Å². The minimum atomic E-state index is -1.38. The Bertz CT molecular complexity index is 825. The Morgan fingerprint density at radius 2 is 1.61 bits per heavy atom. The van der Waals surface area contributed by atoms with E-state index in [2.05, 4.69) is 33.0 Å². The van der Waals surface area contributed by atoms with Gasteiger partial charge in [0.25, 0.3) is 11.6 Å². The molecule has 0 aliphatic carbocycles. The standard InChI is InChI=1S/C22H32N4O5/c1-15(2)10-12-24(13-11-16(3)4)19(27)14-25-20(28)22(5,23-21(25)29)17-6-8-18(9-7-17)26(30)31/h6-9,15-16H,10-14H2,1-5H3,(H,23,29)/t22-/m1/s1. The number of nitro benzene ring substituents is 1. The number of nitro groups is 1. The summed E-state index contributed by atoms with van der Waals surface area (Å²) in [6, 6.07) is 4.81. The van der Waals surface area contributed by atoms with Crippen molar-refractivity contribution in [2.75, 3.05) is 19.6 Å². The van der Waals surface area contributed by atoms with Gasteiger partial charge in [-0.25, -0.2) is 4.79 Å². The lowest BCUT2D eigenvalue weighted by atomic mass is 9.92. The second-order valence-electron chi connectivity index (χ2n) is 9.00. The van der Waals surface area contributed by atoms with Crippen molar-refractivity contribution in [1.82, 2.24) is 15.1 Å². The predicted octanol–water partition coefficient (Wildman–Crippen LogP) is 3.28. The van der Waals surface area contributed by atoms with Gasteiger partial charge in [0.2, 0.25) is 5.91 Å². The Labute approximate surface area is 182 Å². The third-order valence-electron chi connectivity index (χ3n) is 5.53. The maximum atomic E-state index is 13.1. The molecule has 1 N–H and O–H groups in total. The molecule has 1 fully saturated rings. The van der Waals surface area contributed by atoms with E-state index in [1.165, 1.54) is 31.2 Å². The number of non-ortho nitro benzene ring substituents is 1. The quantitative estimate of drug-likeness (QED) is 0.346. The number of rotatable bonds is 10. The van der Waals surface area contributed by atoms with Gasteiger partial charge in [0, 0.05) is 25.2 Å². The maximum Gasteiger partial charge on any atom is 0.325 e. The van der Waals surface area contributed by atoms with Gasteiger partial charge in [-0.2, -0.15) is 0 Å². The van der Waals surface area contributed by atoms with Crippen LogP contribution in [0, 0.1) is 22.0 Å². The van der Waals surface area contributed by atoms with E-state index in [1.807, 2.05) is 0 Å². The number of imide groups is 1. The monoisotopic (exact) mass is 432 g/mol. The van der Waals surface area contributed by atoms with E-state index in [-0.39, 0.29) is 18.1 Å². The molecule has 4 amide bonds. The second kappa shape index (κ2) is 9.89. The fourth-order valence-corrected chi connectivity index (χ4v) is 3.38. The first-order valence-corrected chi connectivity index (χ1v) is 10.6. The molecule has 1 aliphatic heterocycles. The molecule has 1 atom stereocenters. The number of carbonyl (C=O) groups excluding carboxylic acids is 3. The summed E-state index contributed by atoms with van der Waals surface area (Å²) in [4.78, 5) is 51.6. The molecule has 0 radical (unpaired) electrons. The van der Waals surface area contributed by atoms with Crippen molar-refractivity contribution < 1.29 is 19.3 Å². The van der Waals surface area contributed by atoms with E-state index < -0.39 is 22.4 Å². The van der Waals surface area contributed by atoms with Gasteiger partial charge in [-0.05, 0) is 49.3 Å². The highest BCUT2D eigenvalue weighted by Crippen LogP contribution is 2.30. The van der Waals surface area contributed by atoms with Crippen molar-refractivity contribution in [2.45, 2.75) is 53.0 Å². The smallest absolute Gasteiger partial charge is 0.325 e. The van der Waals surface area contributed by atoms with Crippen LogP contribution < -0.4 is 5.32 Å². The minimum Gasteiger partial charge on any atom is -0.341 e. The first-order chi connectivity index (χ1) is 14.5. The van der Waals surface area contributed by atoms with Gasteiger partial charge in [-0.15, -0.1) is 0 Å². The first kappa shape index (κ1) is 24.3. The zero-order chi connectivity index (χ0) is 23.3. The van der Waals surface area contributed by atoms with E-state index in [4.69, 9.17) is 0 Å². The molecule has 1 heterocycles. The van der Waals surface area contributed by atoms with Crippen LogP contribution in [0.5, 0.6) is 0 Å². The number of amides is 4. The van der Waals surface area contributed by atoms with Crippen LogP contribution in [-0.4, -0.2) is 52.2 Å². The minimum absolute atomic E-state index is 0.109. The van der Waals surface area contributed by atoms with E-state index in [9.17, 15) is 24.5 Å². The van der Waals surface area contributed by atoms with Crippen molar-refractivity contribution in [3.8, 4) is 0 Å². The summed E-state index contributed by atoms with van der Waals surface area (Å²) in [5.74, 6) is 0.0399. The van der Waals surface area contributed by atoms with Crippen LogP contribution in [0.15, 0.2) is 24.3 Å². The number of carbonyl (C=O) groups is 3. The van der Waals surface area contributed by atoms with Crippen LogP contribution in [0.4, 0.5) is 10.5 Å². The molecule has 170 valence electrons. The molecular formula is C22H32N4O5. The van der Waals surface area contributed by atoms with Gasteiger partial charge in [-0.3, -0.25) is 24.6 Å². The Morgan fingerprint density at radius 3 is 2.06 bits per heavy atom. The van der Waals surface area contributed by atoms with Crippen molar-refractivity contribution in [2.24, 2.45) is 11.8 Å². The summed E-state index contributed by atoms with van der Waals surface area (Å²) in [6.45, 7) is 10.7. The lowest BCUT2D eigenvalue weighted by molar-refractivity contribution is -0.384. The maximum absolute atomic E-state index is 13.1. The van der Waals surface area contributed by atoms with Crippen LogP contribution in [0.1, 0.15) is 53.0 Å². The molecule has 1 saturated heterocycles. The van der Waals surface area contributed by atoms with Gasteiger partial charge >= 0.3 is 6.03 Å². The number of benzene rings is 1. The van der Waals surface area contributed by atoms with Crippen molar-refractivity contribution in [3.05, 3.63) is 39.9 Å². The normalized spacial score (nSPS) is 18.6. The highest BCUT2D eigenvalue weighted by Gasteiger charge is 2.49. The number of urea groups is 1. The molecule has 1 aromatic carbocycles. The zero-order valence-corrected chi connectivity index (χ0v) is 18.9. The summed E-state index contributed by atoms with van der Waals surface area (Å²) in [7, 11) is 0. The third kappa shape index (κ3) is 5.80. The Morgan fingerprint density at radius 1 is 1.10 bits per heavy atom. The van der Waals surface area contributed by atoms with Crippen LogP contribution >= 0.6 is 0 Å². The van der Waals surface area contributed by atoms with Gasteiger partial charge in [0.1, 0.15) is 12.1 Å². The topological polar surface area (TPSA) is 113 Å². The third-order valence-corrected chi connectivity index (χ3v) is 5.53. The van der Waals surface area contributed by atoms with Crippen LogP contribution in [-0.2, 0) is 15.1 Å². The predicted molar refractivity (Wildman–Crippen MR) is 116 cm³/mol. The molecule has 9 heteroatoms. The number of nitrogens with one attached hydrogen (secondary N) is 1.